The molecule has 2 aromatic carbocycles. The van der Waals surface area contributed by atoms with E-state index in [2.05, 4.69) is 30.0 Å². The van der Waals surface area contributed by atoms with E-state index in [1.807, 2.05) is 13.1 Å². The Bertz CT molecular complexity index is 607. The zero-order valence-corrected chi connectivity index (χ0v) is 12.5. The first-order valence-corrected chi connectivity index (χ1v) is 7.07. The van der Waals surface area contributed by atoms with Gasteiger partial charge in [-0.3, -0.25) is 4.79 Å². The average molecular weight is 285 g/mol. The number of Topliss-reactive ketones (excluding diaryl/α,β-unsaturated/α-hetero) is 1. The van der Waals surface area contributed by atoms with Gasteiger partial charge in [0.1, 0.15) is 5.82 Å². The van der Waals surface area contributed by atoms with Crippen LogP contribution in [-0.2, 0) is 6.54 Å². The number of hydrogen-bond acceptors (Lipinski definition) is 2. The molecule has 0 N–H and O–H groups in total. The number of carbonyl (C=O) groups excluding carboxylic acids is 1. The molecule has 0 aliphatic carbocycles. The second-order valence-electron chi connectivity index (χ2n) is 5.41. The second kappa shape index (κ2) is 7.14. The first kappa shape index (κ1) is 15.4. The van der Waals surface area contributed by atoms with Crippen LogP contribution < -0.4 is 0 Å². The van der Waals surface area contributed by atoms with Crippen molar-refractivity contribution in [1.82, 2.24) is 4.90 Å². The predicted molar refractivity (Wildman–Crippen MR) is 82.9 cm³/mol. The van der Waals surface area contributed by atoms with E-state index in [1.165, 1.54) is 35.4 Å². The Balaban J connectivity index is 1.84. The molecule has 0 fully saturated rings. The Labute approximate surface area is 125 Å². The van der Waals surface area contributed by atoms with Crippen LogP contribution in [0.1, 0.15) is 27.9 Å². The smallest absolute Gasteiger partial charge is 0.164 e. The van der Waals surface area contributed by atoms with E-state index in [4.69, 9.17) is 0 Å². The second-order valence-corrected chi connectivity index (χ2v) is 5.41. The van der Waals surface area contributed by atoms with E-state index < -0.39 is 0 Å². The molecule has 110 valence electrons. The van der Waals surface area contributed by atoms with Crippen molar-refractivity contribution in [3.05, 3.63) is 71.0 Å². The number of nitrogens with zero attached hydrogens (tertiary/aromatic N) is 1. The third-order valence-corrected chi connectivity index (χ3v) is 3.42. The van der Waals surface area contributed by atoms with Gasteiger partial charge in [0.2, 0.25) is 0 Å². The summed E-state index contributed by atoms with van der Waals surface area (Å²) in [4.78, 5) is 14.1. The lowest BCUT2D eigenvalue weighted by atomic mass is 10.1. The summed E-state index contributed by atoms with van der Waals surface area (Å²) in [6.45, 7) is 3.57. The predicted octanol–water partition coefficient (Wildman–Crippen LogP) is 3.84. The minimum absolute atomic E-state index is 0.0473. The van der Waals surface area contributed by atoms with Crippen LogP contribution in [0, 0.1) is 12.7 Å². The van der Waals surface area contributed by atoms with Gasteiger partial charge in [-0.25, -0.2) is 4.39 Å². The van der Waals surface area contributed by atoms with Crippen LogP contribution >= 0.6 is 0 Å². The SMILES string of the molecule is Cc1cccc(CN(C)CCC(=O)c2ccc(F)cc2)c1. The Morgan fingerprint density at radius 1 is 1.14 bits per heavy atom. The van der Waals surface area contributed by atoms with Crippen molar-refractivity contribution >= 4 is 5.78 Å². The molecule has 0 radical (unpaired) electrons. The number of carbonyl (C=O) groups is 1. The Morgan fingerprint density at radius 3 is 2.52 bits per heavy atom. The van der Waals surface area contributed by atoms with Crippen LogP contribution in [0.5, 0.6) is 0 Å². The topological polar surface area (TPSA) is 20.3 Å². The van der Waals surface area contributed by atoms with Gasteiger partial charge in [0.15, 0.2) is 5.78 Å². The maximum absolute atomic E-state index is 12.8. The summed E-state index contributed by atoms with van der Waals surface area (Å²) in [5.41, 5.74) is 3.05. The Hall–Kier alpha value is -2.00. The van der Waals surface area contributed by atoms with Crippen LogP contribution in [0.15, 0.2) is 48.5 Å². The zero-order valence-electron chi connectivity index (χ0n) is 12.5. The summed E-state index contributed by atoms with van der Waals surface area (Å²) < 4.78 is 12.8. The Morgan fingerprint density at radius 2 is 1.86 bits per heavy atom. The quantitative estimate of drug-likeness (QED) is 0.752. The molecule has 0 heterocycles. The summed E-state index contributed by atoms with van der Waals surface area (Å²) in [6.07, 6.45) is 0.438. The Kier molecular flexibility index (Phi) is 5.23. The molecular formula is C18H20FNO. The highest BCUT2D eigenvalue weighted by Gasteiger charge is 2.08. The number of ketones is 1. The van der Waals surface area contributed by atoms with Gasteiger partial charge < -0.3 is 4.90 Å². The average Bonchev–Trinajstić information content (AvgIpc) is 2.45. The van der Waals surface area contributed by atoms with Crippen molar-refractivity contribution in [1.29, 1.82) is 0 Å². The molecule has 2 rings (SSSR count). The standard InChI is InChI=1S/C18H20FNO/c1-14-4-3-5-15(12-14)13-20(2)11-10-18(21)16-6-8-17(19)9-7-16/h3-9,12H,10-11,13H2,1-2H3. The van der Waals surface area contributed by atoms with Gasteiger partial charge in [0, 0.05) is 25.1 Å². The van der Waals surface area contributed by atoms with Crippen molar-refractivity contribution in [2.24, 2.45) is 0 Å². The fourth-order valence-corrected chi connectivity index (χ4v) is 2.27. The molecule has 0 amide bonds. The van der Waals surface area contributed by atoms with Crippen molar-refractivity contribution in [3.63, 3.8) is 0 Å². The maximum atomic E-state index is 12.8. The van der Waals surface area contributed by atoms with Crippen LogP contribution in [0.25, 0.3) is 0 Å². The first-order chi connectivity index (χ1) is 10.0. The third kappa shape index (κ3) is 4.80. The molecule has 0 spiro atoms. The molecule has 3 heteroatoms. The monoisotopic (exact) mass is 285 g/mol. The van der Waals surface area contributed by atoms with E-state index in [0.29, 0.717) is 18.5 Å². The van der Waals surface area contributed by atoms with Crippen LogP contribution in [0.4, 0.5) is 4.39 Å². The summed E-state index contributed by atoms with van der Waals surface area (Å²) in [6, 6.07) is 14.1. The number of rotatable bonds is 6. The molecule has 0 aliphatic heterocycles. The third-order valence-electron chi connectivity index (χ3n) is 3.42. The molecule has 0 bridgehead atoms. The molecule has 0 unspecified atom stereocenters. The van der Waals surface area contributed by atoms with Gasteiger partial charge in [-0.05, 0) is 43.8 Å². The number of aryl methyl sites for hydroxylation is 1. The van der Waals surface area contributed by atoms with Gasteiger partial charge in [-0.2, -0.15) is 0 Å². The highest BCUT2D eigenvalue weighted by molar-refractivity contribution is 5.96. The van der Waals surface area contributed by atoms with Crippen molar-refractivity contribution in [2.45, 2.75) is 19.9 Å². The fourth-order valence-electron chi connectivity index (χ4n) is 2.27. The van der Waals surface area contributed by atoms with E-state index in [-0.39, 0.29) is 11.6 Å². The molecule has 0 saturated heterocycles. The lowest BCUT2D eigenvalue weighted by molar-refractivity contribution is 0.0968. The van der Waals surface area contributed by atoms with Gasteiger partial charge in [-0.1, -0.05) is 29.8 Å². The van der Waals surface area contributed by atoms with E-state index >= 15 is 0 Å². The summed E-state index contributed by atoms with van der Waals surface area (Å²) >= 11 is 0. The number of hydrogen-bond donors (Lipinski definition) is 0. The zero-order chi connectivity index (χ0) is 15.2. The molecule has 0 aromatic heterocycles. The molecule has 0 atom stereocenters. The van der Waals surface area contributed by atoms with Crippen LogP contribution in [0.3, 0.4) is 0 Å². The van der Waals surface area contributed by atoms with Gasteiger partial charge in [-0.15, -0.1) is 0 Å². The first-order valence-electron chi connectivity index (χ1n) is 7.07. The van der Waals surface area contributed by atoms with E-state index in [0.717, 1.165) is 6.54 Å². The highest BCUT2D eigenvalue weighted by Crippen LogP contribution is 2.09. The maximum Gasteiger partial charge on any atom is 0.164 e. The number of halogens is 1. The lowest BCUT2D eigenvalue weighted by Crippen LogP contribution is -2.21. The van der Waals surface area contributed by atoms with Gasteiger partial charge in [0.25, 0.3) is 0 Å². The molecular weight excluding hydrogens is 265 g/mol. The van der Waals surface area contributed by atoms with Crippen LogP contribution in [0.2, 0.25) is 0 Å². The normalized spacial score (nSPS) is 10.9. The summed E-state index contributed by atoms with van der Waals surface area (Å²) in [7, 11) is 2.00. The fraction of sp³-hybridized carbons (Fsp3) is 0.278. The van der Waals surface area contributed by atoms with Crippen molar-refractivity contribution in [2.75, 3.05) is 13.6 Å². The number of benzene rings is 2. The molecule has 2 aromatic rings. The molecule has 0 aliphatic rings. The minimum atomic E-state index is -0.317. The largest absolute Gasteiger partial charge is 0.302 e. The highest BCUT2D eigenvalue weighted by atomic mass is 19.1. The van der Waals surface area contributed by atoms with Gasteiger partial charge in [0.05, 0.1) is 0 Å². The van der Waals surface area contributed by atoms with E-state index in [9.17, 15) is 9.18 Å². The van der Waals surface area contributed by atoms with E-state index in [1.54, 1.807) is 0 Å². The molecule has 21 heavy (non-hydrogen) atoms. The van der Waals surface area contributed by atoms with Crippen molar-refractivity contribution in [3.8, 4) is 0 Å². The van der Waals surface area contributed by atoms with Crippen LogP contribution in [-0.4, -0.2) is 24.3 Å². The summed E-state index contributed by atoms with van der Waals surface area (Å²) in [5, 5.41) is 0. The molecule has 2 nitrogen and oxygen atoms in total. The van der Waals surface area contributed by atoms with Gasteiger partial charge >= 0.3 is 0 Å². The minimum Gasteiger partial charge on any atom is -0.302 e. The summed E-state index contributed by atoms with van der Waals surface area (Å²) in [5.74, 6) is -0.269. The van der Waals surface area contributed by atoms with Crippen molar-refractivity contribution < 1.29 is 9.18 Å². The molecule has 0 saturated carbocycles. The lowest BCUT2D eigenvalue weighted by Gasteiger charge is -2.16.